The fourth-order valence-electron chi connectivity index (χ4n) is 2.67. The van der Waals surface area contributed by atoms with E-state index in [1.165, 1.54) is 0 Å². The van der Waals surface area contributed by atoms with Crippen LogP contribution in [0.4, 0.5) is 4.79 Å². The van der Waals surface area contributed by atoms with Crippen LogP contribution in [0.1, 0.15) is 25.0 Å². The first-order chi connectivity index (χ1) is 14.7. The standard InChI is InChI=1S/C22H19Cl2NO5S/c1-13(2)30-20(26)11-25-21(27)19(31-22(25)28)10-14-3-6-16(7-4-14)29-12-15-5-8-17(23)18(24)9-15/h3-10,13H,11-12H2,1-2H3/b19-10+. The molecule has 0 bridgehead atoms. The highest BCUT2D eigenvalue weighted by atomic mass is 35.5. The van der Waals surface area contributed by atoms with E-state index in [2.05, 4.69) is 0 Å². The molecule has 0 radical (unpaired) electrons. The summed E-state index contributed by atoms with van der Waals surface area (Å²) in [6.07, 6.45) is 1.28. The fourth-order valence-corrected chi connectivity index (χ4v) is 3.83. The third kappa shape index (κ3) is 6.26. The fraction of sp³-hybridized carbons (Fsp3) is 0.227. The van der Waals surface area contributed by atoms with Gasteiger partial charge in [0.05, 0.1) is 21.1 Å². The van der Waals surface area contributed by atoms with Crippen LogP contribution in [0, 0.1) is 0 Å². The van der Waals surface area contributed by atoms with Gasteiger partial charge in [0, 0.05) is 0 Å². The first-order valence-corrected chi connectivity index (χ1v) is 10.9. The molecule has 1 saturated heterocycles. The van der Waals surface area contributed by atoms with Crippen LogP contribution in [0.5, 0.6) is 5.75 Å². The van der Waals surface area contributed by atoms with Gasteiger partial charge < -0.3 is 9.47 Å². The molecule has 0 N–H and O–H groups in total. The van der Waals surface area contributed by atoms with E-state index < -0.39 is 23.7 Å². The predicted molar refractivity (Wildman–Crippen MR) is 121 cm³/mol. The Bertz CT molecular complexity index is 1040. The van der Waals surface area contributed by atoms with E-state index in [0.29, 0.717) is 22.4 Å². The molecule has 0 aliphatic carbocycles. The zero-order valence-corrected chi connectivity index (χ0v) is 19.1. The lowest BCUT2D eigenvalue weighted by Crippen LogP contribution is -2.35. The Balaban J connectivity index is 1.61. The van der Waals surface area contributed by atoms with Gasteiger partial charge in [0.2, 0.25) is 0 Å². The summed E-state index contributed by atoms with van der Waals surface area (Å²) in [7, 11) is 0. The molecule has 1 heterocycles. The Hall–Kier alpha value is -2.48. The number of carbonyl (C=O) groups is 3. The zero-order chi connectivity index (χ0) is 22.5. The number of halogens is 2. The quantitative estimate of drug-likeness (QED) is 0.382. The average Bonchev–Trinajstić information content (AvgIpc) is 2.96. The van der Waals surface area contributed by atoms with Crippen LogP contribution in [0.2, 0.25) is 10.0 Å². The lowest BCUT2D eigenvalue weighted by molar-refractivity contribution is -0.149. The number of rotatable bonds is 7. The van der Waals surface area contributed by atoms with Crippen molar-refractivity contribution in [1.82, 2.24) is 4.90 Å². The van der Waals surface area contributed by atoms with E-state index in [1.54, 1.807) is 56.3 Å². The van der Waals surface area contributed by atoms with Crippen LogP contribution < -0.4 is 4.74 Å². The lowest BCUT2D eigenvalue weighted by Gasteiger charge is -2.13. The summed E-state index contributed by atoms with van der Waals surface area (Å²) in [5.74, 6) is -0.509. The van der Waals surface area contributed by atoms with Gasteiger partial charge in [0.1, 0.15) is 18.9 Å². The Morgan fingerprint density at radius 3 is 2.45 bits per heavy atom. The van der Waals surface area contributed by atoms with Crippen molar-refractivity contribution in [2.24, 2.45) is 0 Å². The number of ether oxygens (including phenoxy) is 2. The van der Waals surface area contributed by atoms with E-state index in [-0.39, 0.29) is 11.0 Å². The Morgan fingerprint density at radius 2 is 1.81 bits per heavy atom. The molecule has 0 atom stereocenters. The first-order valence-electron chi connectivity index (χ1n) is 9.34. The molecule has 0 spiro atoms. The maximum Gasteiger partial charge on any atom is 0.326 e. The Morgan fingerprint density at radius 1 is 1.10 bits per heavy atom. The van der Waals surface area contributed by atoms with Gasteiger partial charge in [-0.05, 0) is 67.1 Å². The molecule has 9 heteroatoms. The van der Waals surface area contributed by atoms with Crippen molar-refractivity contribution < 1.29 is 23.9 Å². The highest BCUT2D eigenvalue weighted by Gasteiger charge is 2.36. The number of imide groups is 1. The molecular weight excluding hydrogens is 461 g/mol. The summed E-state index contributed by atoms with van der Waals surface area (Å²) in [6.45, 7) is 3.32. The largest absolute Gasteiger partial charge is 0.489 e. The van der Waals surface area contributed by atoms with E-state index >= 15 is 0 Å². The van der Waals surface area contributed by atoms with Gasteiger partial charge >= 0.3 is 5.97 Å². The molecule has 3 rings (SSSR count). The zero-order valence-electron chi connectivity index (χ0n) is 16.8. The van der Waals surface area contributed by atoms with E-state index in [4.69, 9.17) is 32.7 Å². The second-order valence-electron chi connectivity index (χ2n) is 6.91. The number of hydrogen-bond donors (Lipinski definition) is 0. The number of nitrogens with zero attached hydrogens (tertiary/aromatic N) is 1. The van der Waals surface area contributed by atoms with E-state index in [1.807, 2.05) is 6.07 Å². The van der Waals surface area contributed by atoms with Crippen LogP contribution in [0.3, 0.4) is 0 Å². The molecule has 2 amide bonds. The number of hydrogen-bond acceptors (Lipinski definition) is 6. The van der Waals surface area contributed by atoms with Crippen LogP contribution in [0.15, 0.2) is 47.4 Å². The predicted octanol–water partition coefficient (Wildman–Crippen LogP) is 5.56. The SMILES string of the molecule is CC(C)OC(=O)CN1C(=O)S/C(=C/c2ccc(OCc3ccc(Cl)c(Cl)c3)cc2)C1=O. The number of carbonyl (C=O) groups excluding carboxylic acids is 3. The van der Waals surface area contributed by atoms with Gasteiger partial charge in [-0.15, -0.1) is 0 Å². The third-order valence-electron chi connectivity index (χ3n) is 4.10. The summed E-state index contributed by atoms with van der Waals surface area (Å²) in [5.41, 5.74) is 1.60. The van der Waals surface area contributed by atoms with Gasteiger partial charge in [-0.25, -0.2) is 0 Å². The molecule has 1 fully saturated rings. The van der Waals surface area contributed by atoms with Crippen molar-refractivity contribution in [2.45, 2.75) is 26.6 Å². The van der Waals surface area contributed by atoms with Gasteiger partial charge in [-0.2, -0.15) is 0 Å². The molecule has 1 aliphatic heterocycles. The van der Waals surface area contributed by atoms with Crippen molar-refractivity contribution in [3.63, 3.8) is 0 Å². The third-order valence-corrected chi connectivity index (χ3v) is 5.74. The summed E-state index contributed by atoms with van der Waals surface area (Å²) in [4.78, 5) is 37.5. The second-order valence-corrected chi connectivity index (χ2v) is 8.72. The molecule has 2 aromatic carbocycles. The normalized spacial score (nSPS) is 15.1. The van der Waals surface area contributed by atoms with Crippen molar-refractivity contribution in [2.75, 3.05) is 6.54 Å². The van der Waals surface area contributed by atoms with Crippen LogP contribution in [-0.4, -0.2) is 34.7 Å². The summed E-state index contributed by atoms with van der Waals surface area (Å²) in [6, 6.07) is 12.3. The van der Waals surface area contributed by atoms with Gasteiger partial charge in [0.25, 0.3) is 11.1 Å². The Labute approximate surface area is 194 Å². The lowest BCUT2D eigenvalue weighted by atomic mass is 10.2. The molecule has 0 unspecified atom stereocenters. The maximum absolute atomic E-state index is 12.5. The second kappa shape index (κ2) is 10.2. The molecule has 31 heavy (non-hydrogen) atoms. The van der Waals surface area contributed by atoms with E-state index in [0.717, 1.165) is 27.8 Å². The average molecular weight is 480 g/mol. The molecular formula is C22H19Cl2NO5S. The summed E-state index contributed by atoms with van der Waals surface area (Å²) in [5, 5.41) is 0.444. The minimum Gasteiger partial charge on any atom is -0.489 e. The van der Waals surface area contributed by atoms with Crippen molar-refractivity contribution in [1.29, 1.82) is 0 Å². The topological polar surface area (TPSA) is 72.9 Å². The van der Waals surface area contributed by atoms with Crippen LogP contribution in [0.25, 0.3) is 6.08 Å². The monoisotopic (exact) mass is 479 g/mol. The molecule has 6 nitrogen and oxygen atoms in total. The van der Waals surface area contributed by atoms with Crippen molar-refractivity contribution >= 4 is 58.2 Å². The Kier molecular flexibility index (Phi) is 7.64. The number of thioether (sulfide) groups is 1. The highest BCUT2D eigenvalue weighted by Crippen LogP contribution is 2.32. The van der Waals surface area contributed by atoms with Crippen LogP contribution in [-0.2, 0) is 20.9 Å². The van der Waals surface area contributed by atoms with Gasteiger partial charge in [0.15, 0.2) is 0 Å². The van der Waals surface area contributed by atoms with Gasteiger partial charge in [-0.3, -0.25) is 19.3 Å². The van der Waals surface area contributed by atoms with Crippen molar-refractivity contribution in [3.8, 4) is 5.75 Å². The highest BCUT2D eigenvalue weighted by molar-refractivity contribution is 8.18. The van der Waals surface area contributed by atoms with Crippen molar-refractivity contribution in [3.05, 3.63) is 68.5 Å². The number of esters is 1. The molecule has 1 aliphatic rings. The van der Waals surface area contributed by atoms with Crippen LogP contribution >= 0.6 is 35.0 Å². The minimum absolute atomic E-state index is 0.242. The molecule has 2 aromatic rings. The number of amides is 2. The van der Waals surface area contributed by atoms with Gasteiger partial charge in [-0.1, -0.05) is 41.4 Å². The smallest absolute Gasteiger partial charge is 0.326 e. The minimum atomic E-state index is -0.623. The summed E-state index contributed by atoms with van der Waals surface area (Å²) >= 11 is 12.7. The molecule has 0 aromatic heterocycles. The first kappa shape index (κ1) is 23.2. The van der Waals surface area contributed by atoms with E-state index in [9.17, 15) is 14.4 Å². The number of benzene rings is 2. The molecule has 162 valence electrons. The maximum atomic E-state index is 12.5. The molecule has 0 saturated carbocycles. The summed E-state index contributed by atoms with van der Waals surface area (Å²) < 4.78 is 10.7.